The predicted molar refractivity (Wildman–Crippen MR) is 80.7 cm³/mol. The van der Waals surface area contributed by atoms with Crippen LogP contribution in [-0.4, -0.2) is 37.1 Å². The second-order valence-electron chi connectivity index (χ2n) is 6.39. The summed E-state index contributed by atoms with van der Waals surface area (Å²) in [5.74, 6) is 0.290. The molecule has 0 aromatic carbocycles. The molecule has 1 saturated heterocycles. The van der Waals surface area contributed by atoms with Crippen LogP contribution >= 0.6 is 0 Å². The van der Waals surface area contributed by atoms with Crippen molar-refractivity contribution in [2.24, 2.45) is 11.8 Å². The maximum absolute atomic E-state index is 12.3. The van der Waals surface area contributed by atoms with E-state index in [1.807, 2.05) is 6.92 Å². The first-order valence-electron chi connectivity index (χ1n) is 8.30. The van der Waals surface area contributed by atoms with Gasteiger partial charge in [-0.1, -0.05) is 0 Å². The molecule has 120 valence electrons. The predicted octanol–water partition coefficient (Wildman–Crippen LogP) is 1.61. The number of amides is 1. The molecular formula is C16H28N2O3. The SMILES string of the molecule is CCOC(=O)C1CCC(NC(=O)C2CCNC(C)C2)CC1. The first-order chi connectivity index (χ1) is 10.1. The lowest BCUT2D eigenvalue weighted by atomic mass is 9.85. The molecule has 2 fully saturated rings. The Kier molecular flexibility index (Phi) is 6.03. The van der Waals surface area contributed by atoms with E-state index in [9.17, 15) is 9.59 Å². The third-order valence-electron chi connectivity index (χ3n) is 4.69. The second-order valence-corrected chi connectivity index (χ2v) is 6.39. The number of nitrogens with one attached hydrogen (secondary N) is 2. The Morgan fingerprint density at radius 1 is 1.14 bits per heavy atom. The normalized spacial score (nSPS) is 33.2. The second kappa shape index (κ2) is 7.78. The molecule has 1 saturated carbocycles. The van der Waals surface area contributed by atoms with Crippen LogP contribution in [0.15, 0.2) is 0 Å². The van der Waals surface area contributed by atoms with Gasteiger partial charge < -0.3 is 15.4 Å². The van der Waals surface area contributed by atoms with Gasteiger partial charge in [0, 0.05) is 18.0 Å². The topological polar surface area (TPSA) is 67.4 Å². The zero-order chi connectivity index (χ0) is 15.2. The Bertz CT molecular complexity index is 365. The van der Waals surface area contributed by atoms with Crippen LogP contribution in [0, 0.1) is 11.8 Å². The maximum atomic E-state index is 12.3. The van der Waals surface area contributed by atoms with Crippen LogP contribution in [0.4, 0.5) is 0 Å². The zero-order valence-electron chi connectivity index (χ0n) is 13.2. The van der Waals surface area contributed by atoms with Gasteiger partial charge in [-0.15, -0.1) is 0 Å². The van der Waals surface area contributed by atoms with Crippen molar-refractivity contribution in [2.45, 2.75) is 64.5 Å². The fraction of sp³-hybridized carbons (Fsp3) is 0.875. The summed E-state index contributed by atoms with van der Waals surface area (Å²) in [5, 5.41) is 6.55. The van der Waals surface area contributed by atoms with E-state index in [0.29, 0.717) is 12.6 Å². The van der Waals surface area contributed by atoms with Gasteiger partial charge in [0.2, 0.25) is 5.91 Å². The van der Waals surface area contributed by atoms with Crippen LogP contribution in [0.3, 0.4) is 0 Å². The van der Waals surface area contributed by atoms with Gasteiger partial charge in [0.15, 0.2) is 0 Å². The summed E-state index contributed by atoms with van der Waals surface area (Å²) in [6, 6.07) is 0.655. The van der Waals surface area contributed by atoms with Crippen LogP contribution in [0.1, 0.15) is 52.4 Å². The lowest BCUT2D eigenvalue weighted by molar-refractivity contribution is -0.149. The first kappa shape index (κ1) is 16.3. The summed E-state index contributed by atoms with van der Waals surface area (Å²) in [6.45, 7) is 5.34. The van der Waals surface area contributed by atoms with Crippen molar-refractivity contribution in [3.05, 3.63) is 0 Å². The standard InChI is InChI=1S/C16H28N2O3/c1-3-21-16(20)12-4-6-14(7-5-12)18-15(19)13-8-9-17-11(2)10-13/h11-14,17H,3-10H2,1-2H3,(H,18,19). The minimum absolute atomic E-state index is 0.0250. The number of ether oxygens (including phenoxy) is 1. The molecule has 21 heavy (non-hydrogen) atoms. The van der Waals surface area contributed by atoms with Gasteiger partial charge in [0.25, 0.3) is 0 Å². The fourth-order valence-corrected chi connectivity index (χ4v) is 3.42. The van der Waals surface area contributed by atoms with Crippen molar-refractivity contribution in [3.63, 3.8) is 0 Å². The first-order valence-corrected chi connectivity index (χ1v) is 8.30. The van der Waals surface area contributed by atoms with Gasteiger partial charge >= 0.3 is 5.97 Å². The highest BCUT2D eigenvalue weighted by molar-refractivity contribution is 5.79. The molecule has 1 heterocycles. The molecule has 1 amide bonds. The van der Waals surface area contributed by atoms with E-state index < -0.39 is 0 Å². The third kappa shape index (κ3) is 4.70. The minimum Gasteiger partial charge on any atom is -0.466 e. The largest absolute Gasteiger partial charge is 0.466 e. The van der Waals surface area contributed by atoms with E-state index in [2.05, 4.69) is 17.6 Å². The van der Waals surface area contributed by atoms with Crippen LogP contribution < -0.4 is 10.6 Å². The number of hydrogen-bond acceptors (Lipinski definition) is 4. The summed E-state index contributed by atoms with van der Waals surface area (Å²) in [6.07, 6.45) is 5.27. The molecule has 0 spiro atoms. The monoisotopic (exact) mass is 296 g/mol. The molecule has 1 aliphatic heterocycles. The number of piperidine rings is 1. The molecule has 2 unspecified atom stereocenters. The highest BCUT2D eigenvalue weighted by atomic mass is 16.5. The molecule has 2 atom stereocenters. The quantitative estimate of drug-likeness (QED) is 0.774. The highest BCUT2D eigenvalue weighted by Gasteiger charge is 2.30. The van der Waals surface area contributed by atoms with E-state index in [0.717, 1.165) is 45.1 Å². The lowest BCUT2D eigenvalue weighted by Gasteiger charge is -2.31. The molecule has 1 aliphatic carbocycles. The number of hydrogen-bond donors (Lipinski definition) is 2. The van der Waals surface area contributed by atoms with Crippen molar-refractivity contribution < 1.29 is 14.3 Å². The van der Waals surface area contributed by atoms with Crippen LogP contribution in [0.5, 0.6) is 0 Å². The molecule has 5 nitrogen and oxygen atoms in total. The summed E-state index contributed by atoms with van der Waals surface area (Å²) in [4.78, 5) is 24.0. The minimum atomic E-state index is -0.0746. The smallest absolute Gasteiger partial charge is 0.308 e. The molecule has 0 bridgehead atoms. The van der Waals surface area contributed by atoms with E-state index in [4.69, 9.17) is 4.74 Å². The van der Waals surface area contributed by atoms with Crippen molar-refractivity contribution in [1.82, 2.24) is 10.6 Å². The number of rotatable bonds is 4. The van der Waals surface area contributed by atoms with E-state index in [1.165, 1.54) is 0 Å². The van der Waals surface area contributed by atoms with Gasteiger partial charge in [0.1, 0.15) is 0 Å². The molecule has 2 N–H and O–H groups in total. The Morgan fingerprint density at radius 3 is 2.48 bits per heavy atom. The number of carbonyl (C=O) groups is 2. The molecule has 0 radical (unpaired) electrons. The third-order valence-corrected chi connectivity index (χ3v) is 4.69. The summed E-state index contributed by atoms with van der Waals surface area (Å²) in [7, 11) is 0. The lowest BCUT2D eigenvalue weighted by Crippen LogP contribution is -2.46. The Labute approximate surface area is 127 Å². The Morgan fingerprint density at radius 2 is 1.86 bits per heavy atom. The van der Waals surface area contributed by atoms with Crippen molar-refractivity contribution >= 4 is 11.9 Å². The van der Waals surface area contributed by atoms with Crippen LogP contribution in [0.25, 0.3) is 0 Å². The van der Waals surface area contributed by atoms with Gasteiger partial charge in [-0.25, -0.2) is 0 Å². The zero-order valence-corrected chi connectivity index (χ0v) is 13.2. The molecule has 2 aliphatic rings. The molecule has 5 heteroatoms. The highest BCUT2D eigenvalue weighted by Crippen LogP contribution is 2.26. The molecule has 0 aromatic heterocycles. The average Bonchev–Trinajstić information content (AvgIpc) is 2.48. The summed E-state index contributed by atoms with van der Waals surface area (Å²) < 4.78 is 5.07. The van der Waals surface area contributed by atoms with Gasteiger partial charge in [-0.05, 0) is 58.9 Å². The van der Waals surface area contributed by atoms with Crippen molar-refractivity contribution in [2.75, 3.05) is 13.2 Å². The van der Waals surface area contributed by atoms with Crippen molar-refractivity contribution in [1.29, 1.82) is 0 Å². The van der Waals surface area contributed by atoms with Crippen molar-refractivity contribution in [3.8, 4) is 0 Å². The Balaban J connectivity index is 1.73. The van der Waals surface area contributed by atoms with Crippen LogP contribution in [-0.2, 0) is 14.3 Å². The van der Waals surface area contributed by atoms with E-state index >= 15 is 0 Å². The molecular weight excluding hydrogens is 268 g/mol. The number of carbonyl (C=O) groups excluding carboxylic acids is 2. The summed E-state index contributed by atoms with van der Waals surface area (Å²) in [5.41, 5.74) is 0. The van der Waals surface area contributed by atoms with Gasteiger partial charge in [-0.3, -0.25) is 9.59 Å². The molecule has 0 aromatic rings. The van der Waals surface area contributed by atoms with Gasteiger partial charge in [0.05, 0.1) is 12.5 Å². The Hall–Kier alpha value is -1.10. The fourth-order valence-electron chi connectivity index (χ4n) is 3.42. The van der Waals surface area contributed by atoms with E-state index in [1.54, 1.807) is 0 Å². The van der Waals surface area contributed by atoms with Gasteiger partial charge in [-0.2, -0.15) is 0 Å². The average molecular weight is 296 g/mol. The number of esters is 1. The van der Waals surface area contributed by atoms with Crippen LogP contribution in [0.2, 0.25) is 0 Å². The summed E-state index contributed by atoms with van der Waals surface area (Å²) >= 11 is 0. The van der Waals surface area contributed by atoms with E-state index in [-0.39, 0.29) is 29.8 Å². The maximum Gasteiger partial charge on any atom is 0.308 e. The molecule has 2 rings (SSSR count).